The van der Waals surface area contributed by atoms with Gasteiger partial charge in [0.1, 0.15) is 0 Å². The van der Waals surface area contributed by atoms with Crippen molar-refractivity contribution in [2.24, 2.45) is 0 Å². The second kappa shape index (κ2) is 5.02. The monoisotopic (exact) mass is 196 g/mol. The van der Waals surface area contributed by atoms with E-state index in [0.717, 1.165) is 17.1 Å². The summed E-state index contributed by atoms with van der Waals surface area (Å²) in [6.45, 7) is 2.17. The molecule has 0 spiro atoms. The van der Waals surface area contributed by atoms with E-state index in [9.17, 15) is 0 Å². The Morgan fingerprint density at radius 2 is 2.00 bits per heavy atom. The van der Waals surface area contributed by atoms with Crippen LogP contribution in [0.5, 0.6) is 0 Å². The highest BCUT2D eigenvalue weighted by Crippen LogP contribution is 2.12. The minimum Gasteiger partial charge on any atom is -0.399 e. The quantitative estimate of drug-likeness (QED) is 0.726. The van der Waals surface area contributed by atoms with E-state index in [-0.39, 0.29) is 0 Å². The number of nitrogens with one attached hydrogen (secondary N) is 1. The Kier molecular flexibility index (Phi) is 3.96. The number of benzene rings is 1. The van der Waals surface area contributed by atoms with Gasteiger partial charge in [-0.2, -0.15) is 11.8 Å². The smallest absolute Gasteiger partial charge is 0.0343 e. The van der Waals surface area contributed by atoms with Crippen molar-refractivity contribution in [3.8, 4) is 0 Å². The molecule has 0 aromatic heterocycles. The average molecular weight is 196 g/mol. The maximum atomic E-state index is 5.58. The predicted molar refractivity (Wildman–Crippen MR) is 62.3 cm³/mol. The molecule has 1 atom stereocenters. The SMILES string of the molecule is CSCC(C)Nc1ccc(N)cc1. The lowest BCUT2D eigenvalue weighted by Gasteiger charge is -2.13. The first-order valence-corrected chi connectivity index (χ1v) is 5.73. The molecule has 0 heterocycles. The van der Waals surface area contributed by atoms with Gasteiger partial charge in [0.15, 0.2) is 0 Å². The van der Waals surface area contributed by atoms with Gasteiger partial charge in [-0.05, 0) is 37.4 Å². The fourth-order valence-corrected chi connectivity index (χ4v) is 1.74. The molecule has 0 fully saturated rings. The lowest BCUT2D eigenvalue weighted by Crippen LogP contribution is -2.17. The van der Waals surface area contributed by atoms with Crippen molar-refractivity contribution in [1.82, 2.24) is 0 Å². The lowest BCUT2D eigenvalue weighted by atomic mass is 10.2. The van der Waals surface area contributed by atoms with Crippen LogP contribution in [-0.4, -0.2) is 18.1 Å². The van der Waals surface area contributed by atoms with Crippen molar-refractivity contribution in [3.63, 3.8) is 0 Å². The van der Waals surface area contributed by atoms with Crippen LogP contribution in [0, 0.1) is 0 Å². The van der Waals surface area contributed by atoms with Crippen molar-refractivity contribution < 1.29 is 0 Å². The first-order chi connectivity index (χ1) is 6.22. The second-order valence-electron chi connectivity index (χ2n) is 3.12. The molecule has 2 nitrogen and oxygen atoms in total. The zero-order chi connectivity index (χ0) is 9.68. The summed E-state index contributed by atoms with van der Waals surface area (Å²) in [7, 11) is 0. The number of thioether (sulfide) groups is 1. The molecule has 3 N–H and O–H groups in total. The van der Waals surface area contributed by atoms with Crippen molar-refractivity contribution in [3.05, 3.63) is 24.3 Å². The van der Waals surface area contributed by atoms with Gasteiger partial charge in [0.2, 0.25) is 0 Å². The number of hydrogen-bond acceptors (Lipinski definition) is 3. The third-order valence-electron chi connectivity index (χ3n) is 1.74. The van der Waals surface area contributed by atoms with Gasteiger partial charge < -0.3 is 11.1 Å². The van der Waals surface area contributed by atoms with Crippen LogP contribution in [0.1, 0.15) is 6.92 Å². The van der Waals surface area contributed by atoms with E-state index in [2.05, 4.69) is 18.5 Å². The van der Waals surface area contributed by atoms with Crippen LogP contribution in [0.2, 0.25) is 0 Å². The Morgan fingerprint density at radius 3 is 2.54 bits per heavy atom. The fraction of sp³-hybridized carbons (Fsp3) is 0.400. The molecule has 1 unspecified atom stereocenters. The normalized spacial score (nSPS) is 12.5. The highest BCUT2D eigenvalue weighted by molar-refractivity contribution is 7.98. The van der Waals surface area contributed by atoms with Gasteiger partial charge in [-0.3, -0.25) is 0 Å². The standard InChI is InChI=1S/C10H16N2S/c1-8(7-13-2)12-10-5-3-9(11)4-6-10/h3-6,8,12H,7,11H2,1-2H3. The summed E-state index contributed by atoms with van der Waals surface area (Å²) in [5.74, 6) is 1.12. The fourth-order valence-electron chi connectivity index (χ4n) is 1.16. The molecule has 0 saturated carbocycles. The van der Waals surface area contributed by atoms with E-state index in [1.807, 2.05) is 36.0 Å². The number of nitrogen functional groups attached to an aromatic ring is 1. The second-order valence-corrected chi connectivity index (χ2v) is 4.03. The number of hydrogen-bond donors (Lipinski definition) is 2. The van der Waals surface area contributed by atoms with Gasteiger partial charge in [0.25, 0.3) is 0 Å². The van der Waals surface area contributed by atoms with Gasteiger partial charge in [0.05, 0.1) is 0 Å². The van der Waals surface area contributed by atoms with Crippen LogP contribution >= 0.6 is 11.8 Å². The van der Waals surface area contributed by atoms with Crippen LogP contribution in [-0.2, 0) is 0 Å². The summed E-state index contributed by atoms with van der Waals surface area (Å²) >= 11 is 1.84. The van der Waals surface area contributed by atoms with E-state index in [1.54, 1.807) is 0 Å². The maximum absolute atomic E-state index is 5.58. The first kappa shape index (κ1) is 10.3. The Bertz CT molecular complexity index is 246. The number of nitrogens with two attached hydrogens (primary N) is 1. The summed E-state index contributed by atoms with van der Waals surface area (Å²) in [4.78, 5) is 0. The summed E-state index contributed by atoms with van der Waals surface area (Å²) in [6, 6.07) is 8.33. The van der Waals surface area contributed by atoms with Crippen molar-refractivity contribution in [2.45, 2.75) is 13.0 Å². The molecule has 0 bridgehead atoms. The van der Waals surface area contributed by atoms with E-state index >= 15 is 0 Å². The summed E-state index contributed by atoms with van der Waals surface area (Å²) in [5, 5.41) is 3.39. The molecule has 1 rings (SSSR count). The van der Waals surface area contributed by atoms with Gasteiger partial charge in [0, 0.05) is 23.2 Å². The Balaban J connectivity index is 2.49. The third kappa shape index (κ3) is 3.59. The molecule has 13 heavy (non-hydrogen) atoms. The number of rotatable bonds is 4. The summed E-state index contributed by atoms with van der Waals surface area (Å²) < 4.78 is 0. The topological polar surface area (TPSA) is 38.0 Å². The Morgan fingerprint density at radius 1 is 1.38 bits per heavy atom. The minimum absolute atomic E-state index is 0.499. The molecule has 0 radical (unpaired) electrons. The van der Waals surface area contributed by atoms with E-state index in [4.69, 9.17) is 5.73 Å². The maximum Gasteiger partial charge on any atom is 0.0343 e. The van der Waals surface area contributed by atoms with Crippen LogP contribution < -0.4 is 11.1 Å². The van der Waals surface area contributed by atoms with Gasteiger partial charge >= 0.3 is 0 Å². The molecule has 0 saturated heterocycles. The average Bonchev–Trinajstić information content (AvgIpc) is 2.09. The largest absolute Gasteiger partial charge is 0.399 e. The van der Waals surface area contributed by atoms with Gasteiger partial charge in [-0.15, -0.1) is 0 Å². The molecule has 0 aliphatic rings. The van der Waals surface area contributed by atoms with Crippen LogP contribution in [0.25, 0.3) is 0 Å². The number of anilines is 2. The molecule has 1 aromatic rings. The molecule has 3 heteroatoms. The third-order valence-corrected chi connectivity index (χ3v) is 2.57. The van der Waals surface area contributed by atoms with Crippen molar-refractivity contribution in [2.75, 3.05) is 23.1 Å². The Hall–Kier alpha value is -0.830. The Labute approximate surface area is 83.9 Å². The van der Waals surface area contributed by atoms with Crippen LogP contribution in [0.15, 0.2) is 24.3 Å². The molecular weight excluding hydrogens is 180 g/mol. The first-order valence-electron chi connectivity index (χ1n) is 4.33. The summed E-state index contributed by atoms with van der Waals surface area (Å²) in [5.41, 5.74) is 7.53. The predicted octanol–water partition coefficient (Wildman–Crippen LogP) is 2.43. The molecule has 0 aliphatic carbocycles. The molecule has 0 amide bonds. The van der Waals surface area contributed by atoms with Crippen molar-refractivity contribution >= 4 is 23.1 Å². The molecule has 0 aliphatic heterocycles. The molecule has 1 aromatic carbocycles. The van der Waals surface area contributed by atoms with E-state index in [0.29, 0.717) is 6.04 Å². The highest BCUT2D eigenvalue weighted by Gasteiger charge is 1.99. The molecule has 72 valence electrons. The zero-order valence-corrected chi connectivity index (χ0v) is 8.90. The van der Waals surface area contributed by atoms with E-state index < -0.39 is 0 Å². The minimum atomic E-state index is 0.499. The van der Waals surface area contributed by atoms with Gasteiger partial charge in [-0.1, -0.05) is 0 Å². The molecular formula is C10H16N2S. The van der Waals surface area contributed by atoms with Crippen LogP contribution in [0.3, 0.4) is 0 Å². The van der Waals surface area contributed by atoms with Crippen LogP contribution in [0.4, 0.5) is 11.4 Å². The lowest BCUT2D eigenvalue weighted by molar-refractivity contribution is 0.915. The van der Waals surface area contributed by atoms with Crippen molar-refractivity contribution in [1.29, 1.82) is 0 Å². The summed E-state index contributed by atoms with van der Waals surface area (Å²) in [6.07, 6.45) is 2.11. The van der Waals surface area contributed by atoms with E-state index in [1.165, 1.54) is 0 Å². The highest BCUT2D eigenvalue weighted by atomic mass is 32.2. The van der Waals surface area contributed by atoms with Gasteiger partial charge in [-0.25, -0.2) is 0 Å². The zero-order valence-electron chi connectivity index (χ0n) is 8.08.